The molecule has 0 fully saturated rings. The van der Waals surface area contributed by atoms with Crippen LogP contribution in [0.15, 0.2) is 109 Å². The Labute approximate surface area is 261 Å². The largest absolute Gasteiger partial charge is 0.492 e. The highest BCUT2D eigenvalue weighted by molar-refractivity contribution is 7.90. The van der Waals surface area contributed by atoms with Crippen LogP contribution in [0, 0.1) is 0 Å². The molecule has 4 N–H and O–H groups in total. The Bertz CT molecular complexity index is 1640. The van der Waals surface area contributed by atoms with E-state index in [-0.39, 0.29) is 13.2 Å². The Hall–Kier alpha value is -5.08. The maximum absolute atomic E-state index is 12.2. The first-order valence-corrected chi connectivity index (χ1v) is 17.0. The van der Waals surface area contributed by atoms with E-state index in [0.29, 0.717) is 29.3 Å². The summed E-state index contributed by atoms with van der Waals surface area (Å²) in [6.07, 6.45) is 0.532. The number of carbonyl (C=O) groups excluding carboxylic acids is 2. The summed E-state index contributed by atoms with van der Waals surface area (Å²) in [7, 11) is -7.81. The third-order valence-electron chi connectivity index (χ3n) is 6.06. The van der Waals surface area contributed by atoms with Crippen LogP contribution in [0.3, 0.4) is 0 Å². The number of benzene rings is 4. The number of para-hydroxylation sites is 2. The number of ether oxygens (including phenoxy) is 2. The molecule has 0 aromatic heterocycles. The molecule has 4 rings (SSSR count). The molecule has 0 aliphatic rings. The Morgan fingerprint density at radius 3 is 1.22 bits per heavy atom. The maximum atomic E-state index is 12.2. The van der Waals surface area contributed by atoms with Crippen LogP contribution in [-0.2, 0) is 26.5 Å². The van der Waals surface area contributed by atoms with E-state index in [2.05, 4.69) is 10.6 Å². The van der Waals surface area contributed by atoms with E-state index in [1.165, 1.54) is 0 Å². The standard InChI is InChI=1S/C31H32N4O8S2/c36-30(34-44(38,39)21-19-42-28-7-3-1-4-8-28)32-26-15-11-24(12-16-26)23-25-13-17-27(18-14-25)33-31(37)35-45(40,41)22-20-43-29-9-5-2-6-10-29/h1-18H,19-23H2,(H2,32,34,36)(H2,33,35,37). The van der Waals surface area contributed by atoms with Crippen LogP contribution >= 0.6 is 0 Å². The van der Waals surface area contributed by atoms with Crippen LogP contribution in [0.1, 0.15) is 11.1 Å². The number of anilines is 2. The van der Waals surface area contributed by atoms with E-state index in [1.807, 2.05) is 21.6 Å². The summed E-state index contributed by atoms with van der Waals surface area (Å²) in [5, 5.41) is 4.98. The first kappa shape index (κ1) is 32.8. The van der Waals surface area contributed by atoms with Gasteiger partial charge in [-0.15, -0.1) is 0 Å². The lowest BCUT2D eigenvalue weighted by molar-refractivity contribution is 0.255. The molecule has 0 atom stereocenters. The van der Waals surface area contributed by atoms with Crippen molar-refractivity contribution < 1.29 is 35.9 Å². The molecule has 4 aromatic carbocycles. The molecule has 0 aliphatic carbocycles. The van der Waals surface area contributed by atoms with Crippen LogP contribution in [-0.4, -0.2) is 53.6 Å². The van der Waals surface area contributed by atoms with Crippen molar-refractivity contribution in [3.63, 3.8) is 0 Å². The summed E-state index contributed by atoms with van der Waals surface area (Å²) >= 11 is 0. The van der Waals surface area contributed by atoms with Gasteiger partial charge in [0.05, 0.1) is 0 Å². The highest BCUT2D eigenvalue weighted by atomic mass is 32.2. The molecular weight excluding hydrogens is 620 g/mol. The van der Waals surface area contributed by atoms with E-state index < -0.39 is 43.6 Å². The van der Waals surface area contributed by atoms with Crippen molar-refractivity contribution in [2.75, 3.05) is 35.4 Å². The molecular formula is C31H32N4O8S2. The maximum Gasteiger partial charge on any atom is 0.332 e. The van der Waals surface area contributed by atoms with Crippen LogP contribution in [0.2, 0.25) is 0 Å². The van der Waals surface area contributed by atoms with Crippen molar-refractivity contribution in [2.45, 2.75) is 6.42 Å². The monoisotopic (exact) mass is 652 g/mol. The number of sulfonamides is 2. The number of rotatable bonds is 14. The predicted molar refractivity (Wildman–Crippen MR) is 171 cm³/mol. The topological polar surface area (TPSA) is 169 Å². The fourth-order valence-corrected chi connectivity index (χ4v) is 5.39. The third-order valence-corrected chi connectivity index (χ3v) is 8.46. The number of hydrogen-bond acceptors (Lipinski definition) is 8. The fourth-order valence-electron chi connectivity index (χ4n) is 3.92. The van der Waals surface area contributed by atoms with Crippen LogP contribution < -0.4 is 29.6 Å². The molecule has 4 amide bonds. The molecule has 12 nitrogen and oxygen atoms in total. The van der Waals surface area contributed by atoms with E-state index >= 15 is 0 Å². The van der Waals surface area contributed by atoms with Gasteiger partial charge in [0, 0.05) is 11.4 Å². The Morgan fingerprint density at radius 1 is 0.511 bits per heavy atom. The van der Waals surface area contributed by atoms with Gasteiger partial charge in [0.1, 0.15) is 36.2 Å². The second kappa shape index (κ2) is 15.6. The van der Waals surface area contributed by atoms with Gasteiger partial charge in [0.15, 0.2) is 0 Å². The lowest BCUT2D eigenvalue weighted by Crippen LogP contribution is -2.37. The predicted octanol–water partition coefficient (Wildman–Crippen LogP) is 4.34. The number of carbonyl (C=O) groups is 2. The van der Waals surface area contributed by atoms with Crippen molar-refractivity contribution in [3.05, 3.63) is 120 Å². The third kappa shape index (κ3) is 11.8. The van der Waals surface area contributed by atoms with Crippen molar-refractivity contribution in [1.29, 1.82) is 0 Å². The quantitative estimate of drug-likeness (QED) is 0.156. The summed E-state index contributed by atoms with van der Waals surface area (Å²) < 4.78 is 63.4. The molecule has 0 aliphatic heterocycles. The van der Waals surface area contributed by atoms with Crippen LogP contribution in [0.25, 0.3) is 0 Å². The van der Waals surface area contributed by atoms with Gasteiger partial charge in [-0.3, -0.25) is 0 Å². The molecule has 0 unspecified atom stereocenters. The van der Waals surface area contributed by atoms with Crippen molar-refractivity contribution in [2.24, 2.45) is 0 Å². The SMILES string of the molecule is O=C(Nc1ccc(Cc2ccc(NC(=O)NS(=O)(=O)CCOc3ccccc3)cc2)cc1)NS(=O)(=O)CCOc1ccccc1. The lowest BCUT2D eigenvalue weighted by Gasteiger charge is -2.11. The minimum atomic E-state index is -3.91. The lowest BCUT2D eigenvalue weighted by atomic mass is 10.0. The number of nitrogens with one attached hydrogen (secondary N) is 4. The average molecular weight is 653 g/mol. The van der Waals surface area contributed by atoms with Crippen LogP contribution in [0.5, 0.6) is 11.5 Å². The van der Waals surface area contributed by atoms with E-state index in [0.717, 1.165) is 11.1 Å². The number of hydrogen-bond donors (Lipinski definition) is 4. The highest BCUT2D eigenvalue weighted by Crippen LogP contribution is 2.16. The zero-order valence-electron chi connectivity index (χ0n) is 24.0. The molecule has 0 saturated carbocycles. The van der Waals surface area contributed by atoms with Gasteiger partial charge in [0.25, 0.3) is 0 Å². The smallest absolute Gasteiger partial charge is 0.332 e. The molecule has 14 heteroatoms. The molecule has 0 radical (unpaired) electrons. The normalized spacial score (nSPS) is 11.2. The fraction of sp³-hybridized carbons (Fsp3) is 0.161. The molecule has 236 valence electrons. The minimum absolute atomic E-state index is 0.112. The van der Waals surface area contributed by atoms with Crippen molar-refractivity contribution in [3.8, 4) is 11.5 Å². The average Bonchev–Trinajstić information content (AvgIpc) is 2.99. The summed E-state index contributed by atoms with van der Waals surface area (Å²) in [5.41, 5.74) is 2.63. The van der Waals surface area contributed by atoms with Gasteiger partial charge in [-0.05, 0) is 66.1 Å². The molecule has 4 aromatic rings. The molecule has 0 spiro atoms. The van der Waals surface area contributed by atoms with Gasteiger partial charge in [-0.1, -0.05) is 60.7 Å². The minimum Gasteiger partial charge on any atom is -0.492 e. The van der Waals surface area contributed by atoms with Gasteiger partial charge >= 0.3 is 12.1 Å². The van der Waals surface area contributed by atoms with Gasteiger partial charge in [0.2, 0.25) is 20.0 Å². The van der Waals surface area contributed by atoms with Gasteiger partial charge in [-0.2, -0.15) is 0 Å². The Balaban J connectivity index is 1.18. The van der Waals surface area contributed by atoms with E-state index in [9.17, 15) is 26.4 Å². The summed E-state index contributed by atoms with van der Waals surface area (Å²) in [6, 6.07) is 29.4. The second-order valence-electron chi connectivity index (χ2n) is 9.64. The first-order valence-electron chi connectivity index (χ1n) is 13.7. The molecule has 0 heterocycles. The Morgan fingerprint density at radius 2 is 0.867 bits per heavy atom. The zero-order chi connectivity index (χ0) is 32.1. The highest BCUT2D eigenvalue weighted by Gasteiger charge is 2.16. The molecule has 0 saturated heterocycles. The first-order chi connectivity index (χ1) is 21.6. The number of urea groups is 2. The van der Waals surface area contributed by atoms with Gasteiger partial charge in [-0.25, -0.2) is 35.9 Å². The zero-order valence-corrected chi connectivity index (χ0v) is 25.6. The summed E-state index contributed by atoms with van der Waals surface area (Å²) in [6.45, 7) is -0.224. The molecule has 45 heavy (non-hydrogen) atoms. The summed E-state index contributed by atoms with van der Waals surface area (Å²) in [5.74, 6) is 0.276. The second-order valence-corrected chi connectivity index (χ2v) is 13.3. The van der Waals surface area contributed by atoms with Gasteiger partial charge < -0.3 is 20.1 Å². The molecule has 0 bridgehead atoms. The van der Waals surface area contributed by atoms with E-state index in [4.69, 9.17) is 9.47 Å². The van der Waals surface area contributed by atoms with Crippen molar-refractivity contribution >= 4 is 43.5 Å². The Kier molecular flexibility index (Phi) is 11.4. The number of amides is 4. The van der Waals surface area contributed by atoms with Crippen molar-refractivity contribution in [1.82, 2.24) is 9.44 Å². The van der Waals surface area contributed by atoms with Crippen LogP contribution in [0.4, 0.5) is 21.0 Å². The summed E-state index contributed by atoms with van der Waals surface area (Å²) in [4.78, 5) is 24.4. The van der Waals surface area contributed by atoms with E-state index in [1.54, 1.807) is 97.1 Å².